The van der Waals surface area contributed by atoms with Crippen LogP contribution in [0.2, 0.25) is 0 Å². The van der Waals surface area contributed by atoms with Crippen LogP contribution in [0.3, 0.4) is 0 Å². The molecule has 2 heterocycles. The molecule has 0 saturated heterocycles. The van der Waals surface area contributed by atoms with Crippen LogP contribution in [0.4, 0.5) is 5.13 Å². The van der Waals surface area contributed by atoms with Gasteiger partial charge in [-0.3, -0.25) is 9.69 Å². The van der Waals surface area contributed by atoms with Gasteiger partial charge >= 0.3 is 0 Å². The largest absolute Gasteiger partial charge is 0.466 e. The molecule has 0 radical (unpaired) electrons. The number of carbonyl (C=O) groups is 1. The minimum Gasteiger partial charge on any atom is -0.466 e. The van der Waals surface area contributed by atoms with E-state index in [-0.39, 0.29) is 5.91 Å². The van der Waals surface area contributed by atoms with Crippen LogP contribution in [0.5, 0.6) is 0 Å². The van der Waals surface area contributed by atoms with Crippen LogP contribution in [0.25, 0.3) is 0 Å². The SMILES string of the molecule is CC(=O)N(c1nc(CNCC(C)(O)c2ccco2)cs1)C1CC1. The first kappa shape index (κ1) is 16.2. The Morgan fingerprint density at radius 3 is 3.00 bits per heavy atom. The molecule has 124 valence electrons. The summed E-state index contributed by atoms with van der Waals surface area (Å²) in [6.07, 6.45) is 3.66. The first-order valence-electron chi connectivity index (χ1n) is 7.68. The number of carbonyl (C=O) groups excluding carboxylic acids is 1. The molecule has 0 aliphatic heterocycles. The fourth-order valence-corrected chi connectivity index (χ4v) is 3.41. The van der Waals surface area contributed by atoms with Crippen molar-refractivity contribution in [2.75, 3.05) is 11.4 Å². The van der Waals surface area contributed by atoms with E-state index in [0.29, 0.717) is 24.9 Å². The summed E-state index contributed by atoms with van der Waals surface area (Å²) in [6, 6.07) is 3.83. The Balaban J connectivity index is 1.56. The molecule has 0 spiro atoms. The minimum atomic E-state index is -1.07. The molecular formula is C16H21N3O3S. The molecule has 3 rings (SSSR count). The van der Waals surface area contributed by atoms with Crippen LogP contribution in [0, 0.1) is 0 Å². The second-order valence-corrected chi connectivity index (χ2v) is 6.93. The molecule has 23 heavy (non-hydrogen) atoms. The monoisotopic (exact) mass is 335 g/mol. The third-order valence-electron chi connectivity index (χ3n) is 3.82. The molecule has 1 aliphatic carbocycles. The lowest BCUT2D eigenvalue weighted by molar-refractivity contribution is -0.116. The van der Waals surface area contributed by atoms with E-state index >= 15 is 0 Å². The van der Waals surface area contributed by atoms with E-state index in [1.807, 2.05) is 5.38 Å². The highest BCUT2D eigenvalue weighted by molar-refractivity contribution is 7.14. The zero-order valence-electron chi connectivity index (χ0n) is 13.3. The summed E-state index contributed by atoms with van der Waals surface area (Å²) in [7, 11) is 0. The van der Waals surface area contributed by atoms with E-state index in [1.165, 1.54) is 11.3 Å². The lowest BCUT2D eigenvalue weighted by Gasteiger charge is -2.21. The molecular weight excluding hydrogens is 314 g/mol. The second-order valence-electron chi connectivity index (χ2n) is 6.10. The van der Waals surface area contributed by atoms with Crippen LogP contribution < -0.4 is 10.2 Å². The molecule has 2 aromatic heterocycles. The average molecular weight is 335 g/mol. The third kappa shape index (κ3) is 3.80. The first-order valence-corrected chi connectivity index (χ1v) is 8.56. The number of furan rings is 1. The summed E-state index contributed by atoms with van der Waals surface area (Å²) in [4.78, 5) is 18.1. The molecule has 7 heteroatoms. The highest BCUT2D eigenvalue weighted by Crippen LogP contribution is 2.33. The molecule has 2 aromatic rings. The summed E-state index contributed by atoms with van der Waals surface area (Å²) in [5.41, 5.74) is -0.200. The van der Waals surface area contributed by atoms with Crippen molar-refractivity contribution >= 4 is 22.4 Å². The third-order valence-corrected chi connectivity index (χ3v) is 4.71. The molecule has 1 fully saturated rings. The Morgan fingerprint density at radius 2 is 2.39 bits per heavy atom. The predicted molar refractivity (Wildman–Crippen MR) is 88.3 cm³/mol. The summed E-state index contributed by atoms with van der Waals surface area (Å²) >= 11 is 1.48. The van der Waals surface area contributed by atoms with E-state index in [4.69, 9.17) is 4.42 Å². The molecule has 1 atom stereocenters. The highest BCUT2D eigenvalue weighted by Gasteiger charge is 2.33. The van der Waals surface area contributed by atoms with Gasteiger partial charge in [0.15, 0.2) is 5.13 Å². The first-order chi connectivity index (χ1) is 11.0. The quantitative estimate of drug-likeness (QED) is 0.811. The zero-order chi connectivity index (χ0) is 16.4. The maximum Gasteiger partial charge on any atom is 0.225 e. The van der Waals surface area contributed by atoms with Crippen LogP contribution in [0.15, 0.2) is 28.2 Å². The fraction of sp³-hybridized carbons (Fsp3) is 0.500. The molecule has 6 nitrogen and oxygen atoms in total. The van der Waals surface area contributed by atoms with Crippen LogP contribution in [-0.4, -0.2) is 28.6 Å². The smallest absolute Gasteiger partial charge is 0.225 e. The summed E-state index contributed by atoms with van der Waals surface area (Å²) in [6.45, 7) is 4.17. The molecule has 0 bridgehead atoms. The Labute approximate surface area is 139 Å². The van der Waals surface area contributed by atoms with Crippen molar-refractivity contribution < 1.29 is 14.3 Å². The van der Waals surface area contributed by atoms with E-state index in [1.54, 1.807) is 37.1 Å². The Kier molecular flexibility index (Phi) is 4.52. The number of anilines is 1. The van der Waals surface area contributed by atoms with Gasteiger partial charge in [-0.2, -0.15) is 0 Å². The van der Waals surface area contributed by atoms with Crippen molar-refractivity contribution in [1.29, 1.82) is 0 Å². The number of aliphatic hydroxyl groups is 1. The minimum absolute atomic E-state index is 0.0436. The van der Waals surface area contributed by atoms with Gasteiger partial charge in [0.2, 0.25) is 5.91 Å². The van der Waals surface area contributed by atoms with Gasteiger partial charge in [-0.05, 0) is 31.9 Å². The number of thiazole rings is 1. The second kappa shape index (κ2) is 6.43. The number of rotatable bonds is 7. The number of aromatic nitrogens is 1. The van der Waals surface area contributed by atoms with Crippen LogP contribution >= 0.6 is 11.3 Å². The molecule has 1 aliphatic rings. The molecule has 1 amide bonds. The summed E-state index contributed by atoms with van der Waals surface area (Å²) in [5.74, 6) is 0.572. The van der Waals surface area contributed by atoms with Gasteiger partial charge in [0.25, 0.3) is 0 Å². The van der Waals surface area contributed by atoms with Gasteiger partial charge in [-0.1, -0.05) is 0 Å². The number of nitrogens with one attached hydrogen (secondary N) is 1. The van der Waals surface area contributed by atoms with E-state index in [2.05, 4.69) is 10.3 Å². The van der Waals surface area contributed by atoms with Gasteiger partial charge in [0, 0.05) is 31.4 Å². The van der Waals surface area contributed by atoms with Crippen molar-refractivity contribution in [3.8, 4) is 0 Å². The van der Waals surface area contributed by atoms with Gasteiger partial charge in [-0.25, -0.2) is 4.98 Å². The predicted octanol–water partition coefficient (Wildman–Crippen LogP) is 2.25. The van der Waals surface area contributed by atoms with Crippen molar-refractivity contribution in [2.24, 2.45) is 0 Å². The van der Waals surface area contributed by atoms with E-state index in [0.717, 1.165) is 23.7 Å². The zero-order valence-corrected chi connectivity index (χ0v) is 14.1. The fourth-order valence-electron chi connectivity index (χ4n) is 2.47. The van der Waals surface area contributed by atoms with Crippen molar-refractivity contribution in [1.82, 2.24) is 10.3 Å². The molecule has 1 saturated carbocycles. The summed E-state index contributed by atoms with van der Waals surface area (Å²) < 4.78 is 5.25. The van der Waals surface area contributed by atoms with Crippen molar-refractivity contribution in [3.05, 3.63) is 35.2 Å². The number of amides is 1. The maximum atomic E-state index is 11.7. The Morgan fingerprint density at radius 1 is 1.61 bits per heavy atom. The van der Waals surface area contributed by atoms with Gasteiger partial charge in [-0.15, -0.1) is 11.3 Å². The highest BCUT2D eigenvalue weighted by atomic mass is 32.1. The Bertz CT molecular complexity index is 662. The van der Waals surface area contributed by atoms with Gasteiger partial charge in [0.05, 0.1) is 12.0 Å². The lowest BCUT2D eigenvalue weighted by atomic mass is 10.0. The standard InChI is InChI=1S/C16H21N3O3S/c1-11(20)19(13-5-6-13)15-18-12(9-23-15)8-17-10-16(2,21)14-4-3-7-22-14/h3-4,7,9,13,17,21H,5-6,8,10H2,1-2H3. The van der Waals surface area contributed by atoms with Crippen LogP contribution in [-0.2, 0) is 16.9 Å². The number of nitrogens with zero attached hydrogens (tertiary/aromatic N) is 2. The average Bonchev–Trinajstić information content (AvgIpc) is 2.99. The Hall–Kier alpha value is -1.70. The van der Waals surface area contributed by atoms with Crippen LogP contribution in [0.1, 0.15) is 38.1 Å². The lowest BCUT2D eigenvalue weighted by Crippen LogP contribution is -2.35. The van der Waals surface area contributed by atoms with Crippen molar-refractivity contribution in [2.45, 2.75) is 44.9 Å². The van der Waals surface area contributed by atoms with Crippen molar-refractivity contribution in [3.63, 3.8) is 0 Å². The van der Waals surface area contributed by atoms with E-state index < -0.39 is 5.60 Å². The summed E-state index contributed by atoms with van der Waals surface area (Å²) in [5, 5.41) is 16.3. The number of hydrogen-bond donors (Lipinski definition) is 2. The topological polar surface area (TPSA) is 78.6 Å². The van der Waals surface area contributed by atoms with Gasteiger partial charge < -0.3 is 14.8 Å². The van der Waals surface area contributed by atoms with Gasteiger partial charge in [0.1, 0.15) is 11.4 Å². The normalized spacial score (nSPS) is 17.0. The molecule has 1 unspecified atom stereocenters. The number of hydrogen-bond acceptors (Lipinski definition) is 6. The van der Waals surface area contributed by atoms with E-state index in [9.17, 15) is 9.90 Å². The molecule has 0 aromatic carbocycles. The maximum absolute atomic E-state index is 11.7. The molecule has 2 N–H and O–H groups in total.